The molecule has 1 amide bonds. The Labute approximate surface area is 153 Å². The van der Waals surface area contributed by atoms with E-state index in [0.717, 1.165) is 18.7 Å². The number of amides is 1. The lowest BCUT2D eigenvalue weighted by atomic mass is 9.83. The van der Waals surface area contributed by atoms with E-state index in [0.29, 0.717) is 13.1 Å². The van der Waals surface area contributed by atoms with E-state index in [4.69, 9.17) is 0 Å². The van der Waals surface area contributed by atoms with Gasteiger partial charge in [0.15, 0.2) is 0 Å². The zero-order chi connectivity index (χ0) is 18.7. The number of hydrogen-bond donors (Lipinski definition) is 0. The summed E-state index contributed by atoms with van der Waals surface area (Å²) >= 11 is 0. The number of carbonyl (C=O) groups excluding carboxylic acids is 1. The number of carbonyl (C=O) groups is 1. The van der Waals surface area contributed by atoms with Gasteiger partial charge in [-0.05, 0) is 31.5 Å². The number of non-ortho nitro benzene ring substituents is 1. The van der Waals surface area contributed by atoms with Gasteiger partial charge in [-0.1, -0.05) is 30.3 Å². The van der Waals surface area contributed by atoms with E-state index in [1.807, 2.05) is 36.9 Å². The number of para-hydroxylation sites is 1. The highest BCUT2D eigenvalue weighted by atomic mass is 16.6. The maximum absolute atomic E-state index is 13.1. The lowest BCUT2D eigenvalue weighted by molar-refractivity contribution is -0.384. The van der Waals surface area contributed by atoms with E-state index in [9.17, 15) is 14.9 Å². The molecule has 6 heteroatoms. The molecule has 6 nitrogen and oxygen atoms in total. The Morgan fingerprint density at radius 2 is 1.54 bits per heavy atom. The average molecular weight is 353 g/mol. The highest BCUT2D eigenvalue weighted by molar-refractivity contribution is 5.87. The molecule has 1 aliphatic rings. The molecule has 0 unspecified atom stereocenters. The summed E-state index contributed by atoms with van der Waals surface area (Å²) in [5.74, 6) is 0.0547. The summed E-state index contributed by atoms with van der Waals surface area (Å²) in [6.07, 6.45) is 0. The van der Waals surface area contributed by atoms with Crippen LogP contribution in [-0.4, -0.2) is 41.9 Å². The van der Waals surface area contributed by atoms with Crippen LogP contribution in [0.3, 0.4) is 0 Å². The predicted octanol–water partition coefficient (Wildman–Crippen LogP) is 3.22. The van der Waals surface area contributed by atoms with Crippen molar-refractivity contribution in [2.75, 3.05) is 31.1 Å². The Hall–Kier alpha value is -2.89. The fraction of sp³-hybridized carbons (Fsp3) is 0.350. The molecule has 1 fully saturated rings. The van der Waals surface area contributed by atoms with Crippen LogP contribution in [0.5, 0.6) is 0 Å². The number of nitro benzene ring substituents is 1. The Balaban J connectivity index is 1.68. The summed E-state index contributed by atoms with van der Waals surface area (Å²) in [4.78, 5) is 27.6. The largest absolute Gasteiger partial charge is 0.368 e. The lowest BCUT2D eigenvalue weighted by Crippen LogP contribution is -2.53. The number of hydrogen-bond acceptors (Lipinski definition) is 4. The van der Waals surface area contributed by atoms with Crippen molar-refractivity contribution in [2.45, 2.75) is 19.3 Å². The third-order valence-corrected chi connectivity index (χ3v) is 5.02. The van der Waals surface area contributed by atoms with Crippen LogP contribution in [0.25, 0.3) is 0 Å². The summed E-state index contributed by atoms with van der Waals surface area (Å²) in [6.45, 7) is 6.69. The van der Waals surface area contributed by atoms with Crippen LogP contribution < -0.4 is 4.90 Å². The molecule has 2 aromatic carbocycles. The molecule has 1 saturated heterocycles. The van der Waals surface area contributed by atoms with Crippen molar-refractivity contribution in [3.8, 4) is 0 Å². The number of benzene rings is 2. The molecule has 0 bridgehead atoms. The summed E-state index contributed by atoms with van der Waals surface area (Å²) in [6, 6.07) is 16.5. The molecule has 0 aromatic heterocycles. The minimum atomic E-state index is -0.718. The predicted molar refractivity (Wildman–Crippen MR) is 101 cm³/mol. The fourth-order valence-corrected chi connectivity index (χ4v) is 3.33. The molecule has 1 heterocycles. The Morgan fingerprint density at radius 3 is 2.08 bits per heavy atom. The topological polar surface area (TPSA) is 66.7 Å². The first-order chi connectivity index (χ1) is 12.4. The second-order valence-electron chi connectivity index (χ2n) is 7.04. The summed E-state index contributed by atoms with van der Waals surface area (Å²) < 4.78 is 0. The first-order valence-corrected chi connectivity index (χ1v) is 8.74. The van der Waals surface area contributed by atoms with E-state index in [2.05, 4.69) is 17.0 Å². The van der Waals surface area contributed by atoms with Crippen molar-refractivity contribution in [3.05, 3.63) is 70.3 Å². The lowest BCUT2D eigenvalue weighted by Gasteiger charge is -2.39. The molecule has 1 aliphatic heterocycles. The van der Waals surface area contributed by atoms with Crippen molar-refractivity contribution < 1.29 is 9.72 Å². The number of nitro groups is 1. The van der Waals surface area contributed by atoms with Gasteiger partial charge in [0, 0.05) is 44.0 Å². The van der Waals surface area contributed by atoms with Gasteiger partial charge < -0.3 is 9.80 Å². The van der Waals surface area contributed by atoms with E-state index in [1.165, 1.54) is 17.8 Å². The smallest absolute Gasteiger partial charge is 0.269 e. The Bertz CT molecular complexity index is 780. The molecule has 136 valence electrons. The normalized spacial score (nSPS) is 15.0. The summed E-state index contributed by atoms with van der Waals surface area (Å²) in [7, 11) is 0. The van der Waals surface area contributed by atoms with Crippen molar-refractivity contribution in [1.29, 1.82) is 0 Å². The maximum Gasteiger partial charge on any atom is 0.269 e. The second kappa shape index (κ2) is 7.15. The first-order valence-electron chi connectivity index (χ1n) is 8.74. The number of rotatable bonds is 4. The maximum atomic E-state index is 13.1. The SMILES string of the molecule is CC(C)(C(=O)N1CCN(c2ccccc2)CC1)c1ccc([N+](=O)[O-])cc1. The van der Waals surface area contributed by atoms with E-state index >= 15 is 0 Å². The van der Waals surface area contributed by atoms with E-state index < -0.39 is 10.3 Å². The Morgan fingerprint density at radius 1 is 0.962 bits per heavy atom. The number of anilines is 1. The quantitative estimate of drug-likeness (QED) is 0.625. The van der Waals surface area contributed by atoms with Crippen molar-refractivity contribution in [3.63, 3.8) is 0 Å². The molecule has 3 rings (SSSR count). The van der Waals surface area contributed by atoms with Gasteiger partial charge in [0.1, 0.15) is 0 Å². The Kier molecular flexibility index (Phi) is 4.93. The van der Waals surface area contributed by atoms with Crippen LogP contribution >= 0.6 is 0 Å². The van der Waals surface area contributed by atoms with E-state index in [1.54, 1.807) is 12.1 Å². The molecule has 0 saturated carbocycles. The molecule has 2 aromatic rings. The van der Waals surface area contributed by atoms with Crippen molar-refractivity contribution in [1.82, 2.24) is 4.90 Å². The van der Waals surface area contributed by atoms with Crippen LogP contribution in [0.15, 0.2) is 54.6 Å². The molecule has 0 radical (unpaired) electrons. The van der Waals surface area contributed by atoms with Gasteiger partial charge in [0.25, 0.3) is 5.69 Å². The van der Waals surface area contributed by atoms with Crippen molar-refractivity contribution >= 4 is 17.3 Å². The highest BCUT2D eigenvalue weighted by Crippen LogP contribution is 2.28. The van der Waals surface area contributed by atoms with Gasteiger partial charge in [-0.2, -0.15) is 0 Å². The third kappa shape index (κ3) is 3.54. The van der Waals surface area contributed by atoms with Gasteiger partial charge >= 0.3 is 0 Å². The van der Waals surface area contributed by atoms with Crippen LogP contribution in [0.1, 0.15) is 19.4 Å². The zero-order valence-corrected chi connectivity index (χ0v) is 15.1. The molecular formula is C20H23N3O3. The molecule has 26 heavy (non-hydrogen) atoms. The third-order valence-electron chi connectivity index (χ3n) is 5.02. The van der Waals surface area contributed by atoms with Crippen LogP contribution in [0.4, 0.5) is 11.4 Å². The number of nitrogens with zero attached hydrogens (tertiary/aromatic N) is 3. The molecular weight excluding hydrogens is 330 g/mol. The van der Waals surface area contributed by atoms with Crippen LogP contribution in [-0.2, 0) is 10.2 Å². The molecule has 0 atom stereocenters. The van der Waals surface area contributed by atoms with Crippen molar-refractivity contribution in [2.24, 2.45) is 0 Å². The van der Waals surface area contributed by atoms with Gasteiger partial charge in [0.2, 0.25) is 5.91 Å². The van der Waals surface area contributed by atoms with Gasteiger partial charge in [-0.15, -0.1) is 0 Å². The van der Waals surface area contributed by atoms with Gasteiger partial charge in [-0.25, -0.2) is 0 Å². The zero-order valence-electron chi connectivity index (χ0n) is 15.1. The molecule has 0 aliphatic carbocycles. The molecule has 0 spiro atoms. The monoisotopic (exact) mass is 353 g/mol. The van der Waals surface area contributed by atoms with Crippen LogP contribution in [0.2, 0.25) is 0 Å². The van der Waals surface area contributed by atoms with Gasteiger partial charge in [-0.3, -0.25) is 14.9 Å². The summed E-state index contributed by atoms with van der Waals surface area (Å²) in [5, 5.41) is 10.8. The minimum absolute atomic E-state index is 0.0356. The standard InChI is InChI=1S/C20H23N3O3/c1-20(2,16-8-10-18(11-9-16)23(25)26)19(24)22-14-12-21(13-15-22)17-6-4-3-5-7-17/h3-11H,12-15H2,1-2H3. The second-order valence-corrected chi connectivity index (χ2v) is 7.04. The highest BCUT2D eigenvalue weighted by Gasteiger charge is 2.35. The molecule has 0 N–H and O–H groups in total. The first kappa shape index (κ1) is 17.9. The van der Waals surface area contributed by atoms with E-state index in [-0.39, 0.29) is 11.6 Å². The van der Waals surface area contributed by atoms with Gasteiger partial charge in [0.05, 0.1) is 10.3 Å². The van der Waals surface area contributed by atoms with Crippen LogP contribution in [0, 0.1) is 10.1 Å². The summed E-state index contributed by atoms with van der Waals surface area (Å²) in [5.41, 5.74) is 1.28. The minimum Gasteiger partial charge on any atom is -0.368 e. The number of piperazine rings is 1. The fourth-order valence-electron chi connectivity index (χ4n) is 3.33. The average Bonchev–Trinajstić information content (AvgIpc) is 2.68.